The zero-order valence-electron chi connectivity index (χ0n) is 15.1. The molecule has 0 aliphatic carbocycles. The first-order chi connectivity index (χ1) is 13.3. The van der Waals surface area contributed by atoms with Crippen LogP contribution in [0.2, 0.25) is 0 Å². The highest BCUT2D eigenvalue weighted by Crippen LogP contribution is 2.22. The largest absolute Gasteiger partial charge is 0.280 e. The molecule has 1 aliphatic rings. The summed E-state index contributed by atoms with van der Waals surface area (Å²) >= 11 is 5.42. The summed E-state index contributed by atoms with van der Waals surface area (Å²) in [5.74, 6) is 0.779. The number of rotatable bonds is 5. The molecule has 0 radical (unpaired) electrons. The van der Waals surface area contributed by atoms with Crippen molar-refractivity contribution in [2.45, 2.75) is 13.1 Å². The molecule has 1 aromatic heterocycles. The van der Waals surface area contributed by atoms with E-state index in [1.807, 2.05) is 35.0 Å². The Morgan fingerprint density at radius 3 is 2.44 bits per heavy atom. The van der Waals surface area contributed by atoms with Gasteiger partial charge in [-0.2, -0.15) is 4.98 Å². The van der Waals surface area contributed by atoms with Gasteiger partial charge in [0.25, 0.3) is 0 Å². The summed E-state index contributed by atoms with van der Waals surface area (Å²) in [6.45, 7) is 2.65. The van der Waals surface area contributed by atoms with Gasteiger partial charge in [0.15, 0.2) is 0 Å². The fourth-order valence-corrected chi connectivity index (χ4v) is 3.44. The molecule has 5 heteroatoms. The van der Waals surface area contributed by atoms with Crippen molar-refractivity contribution in [2.75, 3.05) is 13.1 Å². The molecule has 1 N–H and O–H groups in total. The van der Waals surface area contributed by atoms with Crippen molar-refractivity contribution in [3.63, 3.8) is 0 Å². The molecule has 0 atom stereocenters. The Bertz CT molecular complexity index is 1000. The molecule has 1 aliphatic heterocycles. The number of hydrogen-bond donors (Lipinski definition) is 1. The Morgan fingerprint density at radius 1 is 1.00 bits per heavy atom. The minimum Gasteiger partial charge on any atom is -0.280 e. The van der Waals surface area contributed by atoms with Gasteiger partial charge in [0.05, 0.1) is 6.67 Å². The average Bonchev–Trinajstić information content (AvgIpc) is 3.08. The molecule has 136 valence electrons. The van der Waals surface area contributed by atoms with Gasteiger partial charge in [-0.3, -0.25) is 10.00 Å². The van der Waals surface area contributed by atoms with E-state index in [-0.39, 0.29) is 0 Å². The minimum absolute atomic E-state index is 0.584. The Morgan fingerprint density at radius 2 is 1.74 bits per heavy atom. The second kappa shape index (κ2) is 8.29. The molecule has 0 saturated heterocycles. The van der Waals surface area contributed by atoms with Gasteiger partial charge in [-0.1, -0.05) is 72.8 Å². The van der Waals surface area contributed by atoms with E-state index in [0.29, 0.717) is 4.77 Å². The lowest BCUT2D eigenvalue weighted by molar-refractivity contribution is 0.226. The molecule has 4 nitrogen and oxygen atoms in total. The van der Waals surface area contributed by atoms with Crippen LogP contribution in [-0.2, 0) is 6.67 Å². The molecule has 2 aromatic carbocycles. The van der Waals surface area contributed by atoms with Crippen molar-refractivity contribution in [1.82, 2.24) is 19.7 Å². The summed E-state index contributed by atoms with van der Waals surface area (Å²) in [7, 11) is 0. The van der Waals surface area contributed by atoms with Crippen LogP contribution >= 0.6 is 12.2 Å². The maximum Gasteiger partial charge on any atom is 0.217 e. The summed E-state index contributed by atoms with van der Waals surface area (Å²) in [5, 5.41) is 3.29. The van der Waals surface area contributed by atoms with Crippen LogP contribution in [0.1, 0.15) is 23.4 Å². The third-order valence-corrected chi connectivity index (χ3v) is 5.02. The molecule has 0 saturated carbocycles. The zero-order chi connectivity index (χ0) is 18.5. The first-order valence-corrected chi connectivity index (χ1v) is 9.55. The van der Waals surface area contributed by atoms with Gasteiger partial charge in [0.1, 0.15) is 5.82 Å². The third kappa shape index (κ3) is 4.51. The molecule has 0 unspecified atom stereocenters. The Balaban J connectivity index is 1.41. The average molecular weight is 375 g/mol. The SMILES string of the molecule is S=c1nc(/C=C/c2ccccc2)[nH]n1CN1CC=C(c2ccccc2)CC1. The number of benzene rings is 2. The van der Waals surface area contributed by atoms with Crippen molar-refractivity contribution < 1.29 is 0 Å². The van der Waals surface area contributed by atoms with E-state index in [4.69, 9.17) is 12.2 Å². The highest BCUT2D eigenvalue weighted by atomic mass is 32.1. The number of hydrogen-bond acceptors (Lipinski definition) is 3. The van der Waals surface area contributed by atoms with Gasteiger partial charge in [-0.15, -0.1) is 0 Å². The number of aromatic nitrogens is 3. The number of nitrogens with one attached hydrogen (secondary N) is 1. The lowest BCUT2D eigenvalue weighted by atomic mass is 10.00. The van der Waals surface area contributed by atoms with Crippen LogP contribution in [0.5, 0.6) is 0 Å². The molecule has 2 heterocycles. The van der Waals surface area contributed by atoms with Crippen LogP contribution in [0.15, 0.2) is 66.7 Å². The normalized spacial score (nSPS) is 15.2. The quantitative estimate of drug-likeness (QED) is 0.648. The summed E-state index contributed by atoms with van der Waals surface area (Å²) in [4.78, 5) is 6.81. The number of aromatic amines is 1. The van der Waals surface area contributed by atoms with Crippen molar-refractivity contribution in [3.05, 3.63) is 88.5 Å². The predicted molar refractivity (Wildman–Crippen MR) is 113 cm³/mol. The predicted octanol–water partition coefficient (Wildman–Crippen LogP) is 4.86. The standard InChI is InChI=1S/C22H22N4S/c27-22-23-21(12-11-18-7-3-1-4-8-18)24-26(22)17-25-15-13-20(14-16-25)19-9-5-2-6-10-19/h1-13H,14-17H2,(H,23,24,27)/b12-11+. The summed E-state index contributed by atoms with van der Waals surface area (Å²) in [6, 6.07) is 20.8. The smallest absolute Gasteiger partial charge is 0.217 e. The van der Waals surface area contributed by atoms with Crippen molar-refractivity contribution in [3.8, 4) is 0 Å². The first kappa shape index (κ1) is 17.6. The summed E-state index contributed by atoms with van der Waals surface area (Å²) in [6.07, 6.45) is 7.36. The highest BCUT2D eigenvalue weighted by molar-refractivity contribution is 7.71. The van der Waals surface area contributed by atoms with Crippen molar-refractivity contribution in [2.24, 2.45) is 0 Å². The Kier molecular flexibility index (Phi) is 5.42. The maximum atomic E-state index is 5.42. The summed E-state index contributed by atoms with van der Waals surface area (Å²) in [5.41, 5.74) is 3.89. The number of nitrogens with zero attached hydrogens (tertiary/aromatic N) is 3. The third-order valence-electron chi connectivity index (χ3n) is 4.71. The Labute approximate surface area is 164 Å². The summed E-state index contributed by atoms with van der Waals surface area (Å²) < 4.78 is 2.52. The van der Waals surface area contributed by atoms with Gasteiger partial charge in [0, 0.05) is 13.1 Å². The Hall–Kier alpha value is -2.76. The molecule has 0 fully saturated rings. The van der Waals surface area contributed by atoms with Gasteiger partial charge in [-0.25, -0.2) is 4.68 Å². The van der Waals surface area contributed by atoms with Crippen molar-refractivity contribution in [1.29, 1.82) is 0 Å². The van der Waals surface area contributed by atoms with E-state index in [0.717, 1.165) is 37.6 Å². The second-order valence-electron chi connectivity index (χ2n) is 6.63. The minimum atomic E-state index is 0.584. The van der Waals surface area contributed by atoms with Gasteiger partial charge in [0.2, 0.25) is 4.77 Å². The van der Waals surface area contributed by atoms with Crippen LogP contribution < -0.4 is 0 Å². The van der Waals surface area contributed by atoms with Crippen LogP contribution in [-0.4, -0.2) is 32.8 Å². The lowest BCUT2D eigenvalue weighted by Gasteiger charge is -2.26. The van der Waals surface area contributed by atoms with Gasteiger partial charge in [-0.05, 0) is 41.4 Å². The molecule has 0 amide bonds. The number of H-pyrrole nitrogens is 1. The van der Waals surface area contributed by atoms with E-state index in [9.17, 15) is 0 Å². The van der Waals surface area contributed by atoms with E-state index in [1.54, 1.807) is 0 Å². The van der Waals surface area contributed by atoms with E-state index < -0.39 is 0 Å². The topological polar surface area (TPSA) is 36.9 Å². The second-order valence-corrected chi connectivity index (χ2v) is 6.99. The molecule has 4 rings (SSSR count). The molecule has 0 bridgehead atoms. The molecular formula is C22H22N4S. The van der Waals surface area contributed by atoms with Crippen LogP contribution in [0.3, 0.4) is 0 Å². The van der Waals surface area contributed by atoms with E-state index in [2.05, 4.69) is 63.5 Å². The van der Waals surface area contributed by atoms with Gasteiger partial charge >= 0.3 is 0 Å². The molecule has 3 aromatic rings. The molecule has 0 spiro atoms. The maximum absolute atomic E-state index is 5.42. The lowest BCUT2D eigenvalue weighted by Crippen LogP contribution is -2.31. The highest BCUT2D eigenvalue weighted by Gasteiger charge is 2.14. The van der Waals surface area contributed by atoms with Crippen molar-refractivity contribution >= 4 is 29.9 Å². The van der Waals surface area contributed by atoms with Crippen LogP contribution in [0, 0.1) is 4.77 Å². The fourth-order valence-electron chi connectivity index (χ4n) is 3.24. The van der Waals surface area contributed by atoms with E-state index in [1.165, 1.54) is 11.1 Å². The van der Waals surface area contributed by atoms with Crippen LogP contribution in [0.4, 0.5) is 0 Å². The zero-order valence-corrected chi connectivity index (χ0v) is 15.9. The fraction of sp³-hybridized carbons (Fsp3) is 0.182. The van der Waals surface area contributed by atoms with Crippen LogP contribution in [0.25, 0.3) is 17.7 Å². The van der Waals surface area contributed by atoms with Gasteiger partial charge < -0.3 is 0 Å². The molecular weight excluding hydrogens is 352 g/mol. The van der Waals surface area contributed by atoms with E-state index >= 15 is 0 Å². The first-order valence-electron chi connectivity index (χ1n) is 9.15. The monoisotopic (exact) mass is 374 g/mol. The molecule has 27 heavy (non-hydrogen) atoms.